The fraction of sp³-hybridized carbons (Fsp3) is 0.417. The van der Waals surface area contributed by atoms with Crippen molar-refractivity contribution in [1.82, 2.24) is 25.3 Å². The standard InChI is InChI=1S/C24H27N5O2/c1-16-7-6-10-21(25-16)22(30)27-20-11-19-14-29(13-18-8-4-3-5-9-18)15-24(19,12-20)23-26-17(2)28-31-23/h3-10,19-20H,11-15H2,1-2H3,(H,27,30)/t19-,20+,24-/m0/s1. The Morgan fingerprint density at radius 1 is 1.16 bits per heavy atom. The Kier molecular flexibility index (Phi) is 5.06. The summed E-state index contributed by atoms with van der Waals surface area (Å²) in [5, 5.41) is 7.27. The number of aromatic nitrogens is 3. The summed E-state index contributed by atoms with van der Waals surface area (Å²) in [5.41, 5.74) is 2.37. The molecule has 1 saturated carbocycles. The van der Waals surface area contributed by atoms with Crippen molar-refractivity contribution < 1.29 is 9.32 Å². The van der Waals surface area contributed by atoms with Gasteiger partial charge in [0.25, 0.3) is 5.91 Å². The summed E-state index contributed by atoms with van der Waals surface area (Å²) in [6.45, 7) is 6.45. The number of carbonyl (C=O) groups excluding carboxylic acids is 1. The van der Waals surface area contributed by atoms with Crippen molar-refractivity contribution in [3.8, 4) is 0 Å². The lowest BCUT2D eigenvalue weighted by Crippen LogP contribution is -2.38. The fourth-order valence-corrected chi connectivity index (χ4v) is 5.31. The van der Waals surface area contributed by atoms with Gasteiger partial charge in [-0.2, -0.15) is 4.98 Å². The van der Waals surface area contributed by atoms with Gasteiger partial charge in [-0.15, -0.1) is 0 Å². The zero-order valence-electron chi connectivity index (χ0n) is 17.9. The Balaban J connectivity index is 1.35. The number of rotatable bonds is 5. The van der Waals surface area contributed by atoms with Crippen LogP contribution in [0.3, 0.4) is 0 Å². The van der Waals surface area contributed by atoms with Gasteiger partial charge in [0.1, 0.15) is 5.69 Å². The molecule has 0 spiro atoms. The highest BCUT2D eigenvalue weighted by Crippen LogP contribution is 2.50. The number of nitrogens with zero attached hydrogens (tertiary/aromatic N) is 4. The van der Waals surface area contributed by atoms with Crippen LogP contribution in [0.4, 0.5) is 0 Å². The van der Waals surface area contributed by atoms with Crippen LogP contribution in [0.2, 0.25) is 0 Å². The third-order valence-electron chi connectivity index (χ3n) is 6.60. The van der Waals surface area contributed by atoms with Crippen LogP contribution < -0.4 is 5.32 Å². The zero-order valence-corrected chi connectivity index (χ0v) is 17.9. The third-order valence-corrected chi connectivity index (χ3v) is 6.60. The second kappa shape index (κ2) is 7.89. The molecular weight excluding hydrogens is 390 g/mol. The molecule has 0 bridgehead atoms. The van der Waals surface area contributed by atoms with Gasteiger partial charge in [0.2, 0.25) is 5.89 Å². The molecule has 2 aromatic heterocycles. The third kappa shape index (κ3) is 3.85. The number of nitrogens with one attached hydrogen (secondary N) is 1. The molecule has 7 heteroatoms. The average Bonchev–Trinajstić information content (AvgIpc) is 3.41. The highest BCUT2D eigenvalue weighted by molar-refractivity contribution is 5.92. The molecule has 7 nitrogen and oxygen atoms in total. The molecule has 1 N–H and O–H groups in total. The van der Waals surface area contributed by atoms with Crippen molar-refractivity contribution in [2.45, 2.75) is 44.7 Å². The first-order valence-electron chi connectivity index (χ1n) is 10.8. The second-order valence-corrected chi connectivity index (χ2v) is 8.93. The molecule has 1 aliphatic heterocycles. The minimum absolute atomic E-state index is 0.0610. The summed E-state index contributed by atoms with van der Waals surface area (Å²) in [7, 11) is 0. The molecule has 1 saturated heterocycles. The average molecular weight is 418 g/mol. The molecule has 0 radical (unpaired) electrons. The highest BCUT2D eigenvalue weighted by Gasteiger charge is 2.57. The van der Waals surface area contributed by atoms with E-state index in [9.17, 15) is 4.79 Å². The molecule has 2 aliphatic rings. The first-order valence-corrected chi connectivity index (χ1v) is 10.8. The number of pyridine rings is 1. The number of hydrogen-bond donors (Lipinski definition) is 1. The smallest absolute Gasteiger partial charge is 0.270 e. The van der Waals surface area contributed by atoms with Crippen LogP contribution in [0.15, 0.2) is 53.1 Å². The Morgan fingerprint density at radius 3 is 2.74 bits per heavy atom. The summed E-state index contributed by atoms with van der Waals surface area (Å²) in [6, 6.07) is 16.1. The van der Waals surface area contributed by atoms with Crippen LogP contribution in [0.5, 0.6) is 0 Å². The Labute approximate surface area is 181 Å². The Bertz CT molecular complexity index is 1080. The molecule has 3 heterocycles. The van der Waals surface area contributed by atoms with Gasteiger partial charge in [0.15, 0.2) is 5.82 Å². The van der Waals surface area contributed by atoms with Crippen LogP contribution in [-0.2, 0) is 12.0 Å². The van der Waals surface area contributed by atoms with E-state index in [2.05, 4.69) is 49.6 Å². The van der Waals surface area contributed by atoms with Crippen LogP contribution in [0.1, 0.15) is 46.3 Å². The number of benzene rings is 1. The minimum Gasteiger partial charge on any atom is -0.348 e. The Hall–Kier alpha value is -3.06. The van der Waals surface area contributed by atoms with E-state index in [1.807, 2.05) is 32.0 Å². The van der Waals surface area contributed by atoms with Crippen LogP contribution in [-0.4, -0.2) is 45.1 Å². The lowest BCUT2D eigenvalue weighted by atomic mass is 9.80. The van der Waals surface area contributed by atoms with E-state index >= 15 is 0 Å². The van der Waals surface area contributed by atoms with Gasteiger partial charge in [0, 0.05) is 31.4 Å². The molecule has 3 aromatic rings. The van der Waals surface area contributed by atoms with E-state index < -0.39 is 0 Å². The molecule has 1 aliphatic carbocycles. The number of likely N-dealkylation sites (tertiary alicyclic amines) is 1. The normalized spacial score (nSPS) is 25.5. The molecule has 2 fully saturated rings. The molecule has 5 rings (SSSR count). The van der Waals surface area contributed by atoms with E-state index in [0.29, 0.717) is 23.3 Å². The maximum atomic E-state index is 12.8. The highest BCUT2D eigenvalue weighted by atomic mass is 16.5. The molecular formula is C24H27N5O2. The Morgan fingerprint density at radius 2 is 2.00 bits per heavy atom. The first kappa shape index (κ1) is 19.9. The van der Waals surface area contributed by atoms with Crippen molar-refractivity contribution in [2.24, 2.45) is 5.92 Å². The van der Waals surface area contributed by atoms with Crippen LogP contribution in [0, 0.1) is 19.8 Å². The summed E-state index contributed by atoms with van der Waals surface area (Å²) < 4.78 is 5.69. The lowest BCUT2D eigenvalue weighted by molar-refractivity contribution is 0.0928. The largest absolute Gasteiger partial charge is 0.348 e. The minimum atomic E-state index is -0.228. The monoisotopic (exact) mass is 417 g/mol. The van der Waals surface area contributed by atoms with E-state index in [4.69, 9.17) is 4.52 Å². The zero-order chi connectivity index (χ0) is 21.4. The maximum Gasteiger partial charge on any atom is 0.270 e. The SMILES string of the molecule is Cc1cccc(C(=O)N[C@@H]2C[C@H]3CN(Cc4ccccc4)C[C@@]3(c3nc(C)no3)C2)n1. The van der Waals surface area contributed by atoms with Crippen molar-refractivity contribution in [3.63, 3.8) is 0 Å². The maximum absolute atomic E-state index is 12.8. The van der Waals surface area contributed by atoms with Gasteiger partial charge >= 0.3 is 0 Å². The number of hydrogen-bond acceptors (Lipinski definition) is 6. The molecule has 0 unspecified atom stereocenters. The fourth-order valence-electron chi connectivity index (χ4n) is 5.31. The van der Waals surface area contributed by atoms with Gasteiger partial charge in [-0.3, -0.25) is 9.69 Å². The van der Waals surface area contributed by atoms with E-state index in [-0.39, 0.29) is 17.4 Å². The summed E-state index contributed by atoms with van der Waals surface area (Å²) >= 11 is 0. The predicted octanol–water partition coefficient (Wildman–Crippen LogP) is 3.04. The number of amides is 1. The topological polar surface area (TPSA) is 84.2 Å². The number of carbonyl (C=O) groups is 1. The van der Waals surface area contributed by atoms with Crippen molar-refractivity contribution in [1.29, 1.82) is 0 Å². The van der Waals surface area contributed by atoms with Gasteiger partial charge in [-0.1, -0.05) is 41.6 Å². The first-order chi connectivity index (χ1) is 15.0. The van der Waals surface area contributed by atoms with Crippen molar-refractivity contribution in [3.05, 3.63) is 77.2 Å². The number of aryl methyl sites for hydroxylation is 2. The van der Waals surface area contributed by atoms with E-state index in [0.717, 1.165) is 38.2 Å². The molecule has 160 valence electrons. The van der Waals surface area contributed by atoms with E-state index in [1.165, 1.54) is 5.56 Å². The van der Waals surface area contributed by atoms with Gasteiger partial charge in [-0.25, -0.2) is 4.98 Å². The van der Waals surface area contributed by atoms with Gasteiger partial charge in [0.05, 0.1) is 5.41 Å². The van der Waals surface area contributed by atoms with E-state index in [1.54, 1.807) is 6.07 Å². The summed E-state index contributed by atoms with van der Waals surface area (Å²) in [5.74, 6) is 1.59. The summed E-state index contributed by atoms with van der Waals surface area (Å²) in [6.07, 6.45) is 1.69. The van der Waals surface area contributed by atoms with Gasteiger partial charge in [-0.05, 0) is 50.3 Å². The molecule has 1 amide bonds. The number of fused-ring (bicyclic) bond motifs is 1. The summed E-state index contributed by atoms with van der Waals surface area (Å²) in [4.78, 5) is 24.2. The second-order valence-electron chi connectivity index (χ2n) is 8.93. The van der Waals surface area contributed by atoms with Crippen molar-refractivity contribution in [2.75, 3.05) is 13.1 Å². The molecule has 3 atom stereocenters. The van der Waals surface area contributed by atoms with Crippen LogP contribution >= 0.6 is 0 Å². The van der Waals surface area contributed by atoms with Crippen molar-refractivity contribution >= 4 is 5.91 Å². The molecule has 1 aromatic carbocycles. The van der Waals surface area contributed by atoms with Crippen LogP contribution in [0.25, 0.3) is 0 Å². The predicted molar refractivity (Wildman–Crippen MR) is 115 cm³/mol. The van der Waals surface area contributed by atoms with Gasteiger partial charge < -0.3 is 9.84 Å². The quantitative estimate of drug-likeness (QED) is 0.687. The lowest BCUT2D eigenvalue weighted by Gasteiger charge is -2.25. The molecule has 31 heavy (non-hydrogen) atoms.